The van der Waals surface area contributed by atoms with Crippen LogP contribution in [0.3, 0.4) is 0 Å². The van der Waals surface area contributed by atoms with Crippen LogP contribution in [-0.2, 0) is 0 Å². The van der Waals surface area contributed by atoms with Gasteiger partial charge in [0.25, 0.3) is 0 Å². The average molecular weight is 425 g/mol. The number of rotatable bonds is 5. The van der Waals surface area contributed by atoms with Crippen molar-refractivity contribution in [2.45, 2.75) is 20.0 Å². The summed E-state index contributed by atoms with van der Waals surface area (Å²) in [6.45, 7) is 4.01. The van der Waals surface area contributed by atoms with E-state index in [-0.39, 0.29) is 6.10 Å². The van der Waals surface area contributed by atoms with E-state index in [1.165, 1.54) is 0 Å². The van der Waals surface area contributed by atoms with Gasteiger partial charge in [0.05, 0.1) is 24.1 Å². The zero-order chi connectivity index (χ0) is 18.8. The summed E-state index contributed by atoms with van der Waals surface area (Å²) in [4.78, 5) is 8.15. The standard InChI is InChI=1S/C21H18BrN3O2/c1-14(2)27-17-9-8-16(22)12-15(17)13-23-21-20(18-6-5-11-26-18)24-19-7-3-4-10-25(19)21/h3-14H,1-2H3/p+1. The summed E-state index contributed by atoms with van der Waals surface area (Å²) in [5.74, 6) is 2.29. The summed E-state index contributed by atoms with van der Waals surface area (Å²) in [7, 11) is 0. The van der Waals surface area contributed by atoms with Gasteiger partial charge in [-0.15, -0.1) is 4.99 Å². The predicted octanol–water partition coefficient (Wildman–Crippen LogP) is 5.31. The Morgan fingerprint density at radius 2 is 2.07 bits per heavy atom. The fraction of sp³-hybridized carbons (Fsp3) is 0.143. The molecule has 0 saturated carbocycles. The lowest BCUT2D eigenvalue weighted by Gasteiger charge is -2.11. The zero-order valence-electron chi connectivity index (χ0n) is 15.0. The highest BCUT2D eigenvalue weighted by Crippen LogP contribution is 2.28. The van der Waals surface area contributed by atoms with Crippen molar-refractivity contribution in [3.05, 3.63) is 71.0 Å². The van der Waals surface area contributed by atoms with Gasteiger partial charge in [-0.25, -0.2) is 0 Å². The number of aromatic amines is 1. The molecule has 0 unspecified atom stereocenters. The summed E-state index contributed by atoms with van der Waals surface area (Å²) in [6.07, 6.45) is 5.52. The maximum Gasteiger partial charge on any atom is 0.310 e. The molecule has 4 aromatic rings. The van der Waals surface area contributed by atoms with Crippen molar-refractivity contribution in [1.29, 1.82) is 0 Å². The van der Waals surface area contributed by atoms with Crippen molar-refractivity contribution in [2.24, 2.45) is 4.99 Å². The van der Waals surface area contributed by atoms with Crippen molar-refractivity contribution >= 4 is 33.6 Å². The van der Waals surface area contributed by atoms with Crippen LogP contribution in [0.4, 0.5) is 5.82 Å². The van der Waals surface area contributed by atoms with Gasteiger partial charge in [0.2, 0.25) is 11.3 Å². The van der Waals surface area contributed by atoms with Crippen LogP contribution in [0.15, 0.2) is 74.9 Å². The molecule has 0 aliphatic heterocycles. The van der Waals surface area contributed by atoms with Crippen molar-refractivity contribution in [2.75, 3.05) is 0 Å². The normalized spacial score (nSPS) is 11.7. The summed E-state index contributed by atoms with van der Waals surface area (Å²) in [5, 5.41) is 0. The minimum absolute atomic E-state index is 0.0828. The van der Waals surface area contributed by atoms with Gasteiger partial charge < -0.3 is 9.15 Å². The molecule has 1 N–H and O–H groups in total. The van der Waals surface area contributed by atoms with Gasteiger partial charge in [0, 0.05) is 10.5 Å². The van der Waals surface area contributed by atoms with Crippen molar-refractivity contribution in [3.8, 4) is 17.2 Å². The number of ether oxygens (including phenoxy) is 1. The molecule has 1 aromatic carbocycles. The van der Waals surface area contributed by atoms with E-state index >= 15 is 0 Å². The summed E-state index contributed by atoms with van der Waals surface area (Å²) < 4.78 is 14.5. The van der Waals surface area contributed by atoms with Gasteiger partial charge in [-0.2, -0.15) is 4.40 Å². The Hall–Kier alpha value is -2.86. The SMILES string of the molecule is CC(C)Oc1ccc(Br)cc1C=Nc1c(-c2ccco2)[nH]c2cccc[n+]12. The van der Waals surface area contributed by atoms with Crippen LogP contribution in [0.2, 0.25) is 0 Å². The molecule has 0 amide bonds. The molecule has 0 atom stereocenters. The number of aromatic nitrogens is 2. The third-order valence-electron chi connectivity index (χ3n) is 3.99. The third-order valence-corrected chi connectivity index (χ3v) is 4.49. The topological polar surface area (TPSA) is 54.6 Å². The van der Waals surface area contributed by atoms with E-state index in [1.807, 2.05) is 79.2 Å². The molecule has 27 heavy (non-hydrogen) atoms. The molecule has 0 fully saturated rings. The maximum atomic E-state index is 5.91. The second kappa shape index (κ2) is 7.40. The van der Waals surface area contributed by atoms with Crippen LogP contribution in [-0.4, -0.2) is 17.3 Å². The smallest absolute Gasteiger partial charge is 0.310 e. The molecular weight excluding hydrogens is 406 g/mol. The van der Waals surface area contributed by atoms with E-state index in [0.717, 1.165) is 38.7 Å². The van der Waals surface area contributed by atoms with Gasteiger partial charge in [0.15, 0.2) is 5.76 Å². The molecule has 0 radical (unpaired) electrons. The van der Waals surface area contributed by atoms with Crippen LogP contribution >= 0.6 is 15.9 Å². The molecular formula is C21H19BrN3O2+. The van der Waals surface area contributed by atoms with E-state index in [2.05, 4.69) is 20.9 Å². The Morgan fingerprint density at radius 3 is 2.85 bits per heavy atom. The highest BCUT2D eigenvalue weighted by molar-refractivity contribution is 9.10. The first-order valence-corrected chi connectivity index (χ1v) is 9.47. The van der Waals surface area contributed by atoms with Crippen LogP contribution in [0.1, 0.15) is 19.4 Å². The monoisotopic (exact) mass is 424 g/mol. The number of H-pyrrole nitrogens is 1. The summed E-state index contributed by atoms with van der Waals surface area (Å²) in [6, 6.07) is 15.6. The van der Waals surface area contributed by atoms with Crippen molar-refractivity contribution in [1.82, 2.24) is 4.98 Å². The number of halogens is 1. The largest absolute Gasteiger partial charge is 0.490 e. The lowest BCUT2D eigenvalue weighted by atomic mass is 10.2. The van der Waals surface area contributed by atoms with Gasteiger partial charge in [0.1, 0.15) is 12.0 Å². The van der Waals surface area contributed by atoms with Gasteiger partial charge in [-0.1, -0.05) is 22.0 Å². The molecule has 5 nitrogen and oxygen atoms in total. The number of imidazole rings is 1. The maximum absolute atomic E-state index is 5.91. The second-order valence-corrected chi connectivity index (χ2v) is 7.28. The molecule has 0 spiro atoms. The fourth-order valence-electron chi connectivity index (χ4n) is 2.87. The quantitative estimate of drug-likeness (QED) is 0.348. The Balaban J connectivity index is 1.82. The van der Waals surface area contributed by atoms with Crippen LogP contribution in [0, 0.1) is 0 Å². The van der Waals surface area contributed by atoms with Crippen LogP contribution in [0.25, 0.3) is 17.1 Å². The van der Waals surface area contributed by atoms with E-state index in [0.29, 0.717) is 0 Å². The lowest BCUT2D eigenvalue weighted by Crippen LogP contribution is -2.18. The Morgan fingerprint density at radius 1 is 1.19 bits per heavy atom. The first kappa shape index (κ1) is 17.5. The minimum atomic E-state index is 0.0828. The van der Waals surface area contributed by atoms with E-state index < -0.39 is 0 Å². The molecule has 0 aliphatic rings. The number of pyridine rings is 1. The number of benzene rings is 1. The Kier molecular flexibility index (Phi) is 4.81. The van der Waals surface area contributed by atoms with E-state index in [4.69, 9.17) is 14.1 Å². The highest BCUT2D eigenvalue weighted by Gasteiger charge is 2.22. The van der Waals surface area contributed by atoms with Gasteiger partial charge in [-0.3, -0.25) is 4.98 Å². The predicted molar refractivity (Wildman–Crippen MR) is 109 cm³/mol. The number of nitrogens with one attached hydrogen (secondary N) is 1. The number of nitrogens with zero attached hydrogens (tertiary/aromatic N) is 2. The Bertz CT molecular complexity index is 1100. The van der Waals surface area contributed by atoms with E-state index in [9.17, 15) is 0 Å². The average Bonchev–Trinajstić information content (AvgIpc) is 3.29. The van der Waals surface area contributed by atoms with Crippen molar-refractivity contribution in [3.63, 3.8) is 0 Å². The number of hydrogen-bond acceptors (Lipinski definition) is 3. The molecule has 3 heterocycles. The van der Waals surface area contributed by atoms with Gasteiger partial charge >= 0.3 is 5.82 Å². The molecule has 3 aromatic heterocycles. The molecule has 0 bridgehead atoms. The summed E-state index contributed by atoms with van der Waals surface area (Å²) in [5.41, 5.74) is 2.65. The molecule has 6 heteroatoms. The fourth-order valence-corrected chi connectivity index (χ4v) is 3.24. The number of fused-ring (bicyclic) bond motifs is 1. The molecule has 0 aliphatic carbocycles. The first-order chi connectivity index (χ1) is 13.1. The number of hydrogen-bond donors (Lipinski definition) is 1. The van der Waals surface area contributed by atoms with E-state index in [1.54, 1.807) is 6.26 Å². The summed E-state index contributed by atoms with van der Waals surface area (Å²) >= 11 is 3.52. The van der Waals surface area contributed by atoms with Crippen molar-refractivity contribution < 1.29 is 13.6 Å². The zero-order valence-corrected chi connectivity index (χ0v) is 16.6. The number of aliphatic imine (C=N–C) groups is 1. The Labute approximate surface area is 165 Å². The first-order valence-electron chi connectivity index (χ1n) is 8.68. The minimum Gasteiger partial charge on any atom is -0.490 e. The van der Waals surface area contributed by atoms with Crippen LogP contribution in [0.5, 0.6) is 5.75 Å². The molecule has 4 rings (SSSR count). The van der Waals surface area contributed by atoms with Gasteiger partial charge in [-0.05, 0) is 50.2 Å². The van der Waals surface area contributed by atoms with Crippen LogP contribution < -0.4 is 9.14 Å². The lowest BCUT2D eigenvalue weighted by molar-refractivity contribution is -0.495. The number of furan rings is 1. The molecule has 136 valence electrons. The third kappa shape index (κ3) is 3.66. The highest BCUT2D eigenvalue weighted by atomic mass is 79.9. The second-order valence-electron chi connectivity index (χ2n) is 6.36. The molecule has 0 saturated heterocycles.